The summed E-state index contributed by atoms with van der Waals surface area (Å²) in [6, 6.07) is 0. The highest BCUT2D eigenvalue weighted by Crippen LogP contribution is 2.25. The van der Waals surface area contributed by atoms with Gasteiger partial charge in [-0.25, -0.2) is 0 Å². The molecule has 0 radical (unpaired) electrons. The van der Waals surface area contributed by atoms with Crippen molar-refractivity contribution >= 4 is 11.9 Å². The maximum Gasteiger partial charge on any atom is 0.306 e. The molecule has 2 unspecified atom stereocenters. The summed E-state index contributed by atoms with van der Waals surface area (Å²) in [6.45, 7) is 0. The van der Waals surface area contributed by atoms with Gasteiger partial charge in [0.1, 0.15) is 0 Å². The molecule has 0 spiro atoms. The predicted octanol–water partition coefficient (Wildman–Crippen LogP) is 2.13. The fourth-order valence-corrected chi connectivity index (χ4v) is 2.14. The van der Waals surface area contributed by atoms with Gasteiger partial charge >= 0.3 is 11.9 Å². The van der Waals surface area contributed by atoms with Crippen LogP contribution in [-0.2, 0) is 9.59 Å². The molecule has 4 heteroatoms. The van der Waals surface area contributed by atoms with Crippen LogP contribution in [-0.4, -0.2) is 22.2 Å². The van der Waals surface area contributed by atoms with Gasteiger partial charge in [-0.15, -0.1) is 0 Å². The highest BCUT2D eigenvalue weighted by Gasteiger charge is 2.24. The standard InChI is InChI=1S/C11H18O4/c12-10(13)8-4-2-1-3-5-9(7-6-8)11(14)15/h8-9H,1-7H2,(H,12,13)(H,14,15). The third-order valence-electron chi connectivity index (χ3n) is 3.17. The molecule has 1 saturated carbocycles. The smallest absolute Gasteiger partial charge is 0.306 e. The molecule has 0 aromatic rings. The summed E-state index contributed by atoms with van der Waals surface area (Å²) in [5, 5.41) is 17.8. The number of hydrogen-bond acceptors (Lipinski definition) is 2. The Labute approximate surface area is 89.3 Å². The molecule has 15 heavy (non-hydrogen) atoms. The summed E-state index contributed by atoms with van der Waals surface area (Å²) >= 11 is 0. The van der Waals surface area contributed by atoms with Crippen molar-refractivity contribution in [2.45, 2.75) is 44.9 Å². The van der Waals surface area contributed by atoms with E-state index in [4.69, 9.17) is 10.2 Å². The molecule has 0 aromatic carbocycles. The van der Waals surface area contributed by atoms with Gasteiger partial charge < -0.3 is 10.2 Å². The third-order valence-corrected chi connectivity index (χ3v) is 3.17. The topological polar surface area (TPSA) is 74.6 Å². The molecular weight excluding hydrogens is 196 g/mol. The van der Waals surface area contributed by atoms with E-state index in [0.29, 0.717) is 25.7 Å². The van der Waals surface area contributed by atoms with E-state index in [0.717, 1.165) is 19.3 Å². The van der Waals surface area contributed by atoms with Crippen molar-refractivity contribution in [2.24, 2.45) is 11.8 Å². The lowest BCUT2D eigenvalue weighted by Gasteiger charge is -2.13. The first-order valence-electron chi connectivity index (χ1n) is 5.57. The lowest BCUT2D eigenvalue weighted by atomic mass is 9.93. The molecule has 0 saturated heterocycles. The second-order valence-corrected chi connectivity index (χ2v) is 4.29. The van der Waals surface area contributed by atoms with Gasteiger partial charge in [-0.2, -0.15) is 0 Å². The maximum atomic E-state index is 10.9. The van der Waals surface area contributed by atoms with E-state index in [2.05, 4.69) is 0 Å². The zero-order valence-electron chi connectivity index (χ0n) is 8.82. The average molecular weight is 214 g/mol. The van der Waals surface area contributed by atoms with Gasteiger partial charge in [-0.3, -0.25) is 9.59 Å². The molecule has 0 aromatic heterocycles. The Morgan fingerprint density at radius 1 is 0.733 bits per heavy atom. The van der Waals surface area contributed by atoms with E-state index in [1.54, 1.807) is 0 Å². The van der Waals surface area contributed by atoms with Crippen LogP contribution in [0.4, 0.5) is 0 Å². The summed E-state index contributed by atoms with van der Waals surface area (Å²) in [7, 11) is 0. The van der Waals surface area contributed by atoms with Gasteiger partial charge in [0.05, 0.1) is 11.8 Å². The van der Waals surface area contributed by atoms with Crippen LogP contribution in [0.15, 0.2) is 0 Å². The minimum Gasteiger partial charge on any atom is -0.481 e. The quantitative estimate of drug-likeness (QED) is 0.738. The third kappa shape index (κ3) is 3.90. The summed E-state index contributed by atoms with van der Waals surface area (Å²) in [4.78, 5) is 21.7. The number of hydrogen-bond donors (Lipinski definition) is 2. The molecule has 0 aliphatic heterocycles. The van der Waals surface area contributed by atoms with Crippen LogP contribution in [0, 0.1) is 11.8 Å². The SMILES string of the molecule is O=C(O)C1CCCCCC(C(=O)O)CC1. The van der Waals surface area contributed by atoms with Crippen LogP contribution in [0.2, 0.25) is 0 Å². The lowest BCUT2D eigenvalue weighted by Crippen LogP contribution is -2.18. The Balaban J connectivity index is 2.54. The summed E-state index contributed by atoms with van der Waals surface area (Å²) < 4.78 is 0. The fraction of sp³-hybridized carbons (Fsp3) is 0.818. The van der Waals surface area contributed by atoms with Crippen molar-refractivity contribution in [2.75, 3.05) is 0 Å². The molecule has 1 fully saturated rings. The zero-order chi connectivity index (χ0) is 11.3. The normalized spacial score (nSPS) is 28.5. The Bertz CT molecular complexity index is 213. The first-order chi connectivity index (χ1) is 7.11. The zero-order valence-corrected chi connectivity index (χ0v) is 8.82. The van der Waals surface area contributed by atoms with Crippen LogP contribution in [0.5, 0.6) is 0 Å². The van der Waals surface area contributed by atoms with Gasteiger partial charge in [0.25, 0.3) is 0 Å². The fourth-order valence-electron chi connectivity index (χ4n) is 2.14. The second-order valence-electron chi connectivity index (χ2n) is 4.29. The van der Waals surface area contributed by atoms with Gasteiger partial charge in [0.2, 0.25) is 0 Å². The minimum absolute atomic E-state index is 0.343. The van der Waals surface area contributed by atoms with E-state index < -0.39 is 11.9 Å². The molecule has 2 N–H and O–H groups in total. The minimum atomic E-state index is -0.777. The number of carboxylic acids is 2. The van der Waals surface area contributed by atoms with E-state index in [-0.39, 0.29) is 11.8 Å². The van der Waals surface area contributed by atoms with Gasteiger partial charge in [0, 0.05) is 0 Å². The van der Waals surface area contributed by atoms with Crippen molar-refractivity contribution in [3.63, 3.8) is 0 Å². The first kappa shape index (κ1) is 12.0. The number of rotatable bonds is 2. The van der Waals surface area contributed by atoms with Crippen LogP contribution in [0.3, 0.4) is 0 Å². The van der Waals surface area contributed by atoms with Gasteiger partial charge in [0.15, 0.2) is 0 Å². The Morgan fingerprint density at radius 3 is 1.47 bits per heavy atom. The molecule has 1 rings (SSSR count). The molecule has 0 heterocycles. The Morgan fingerprint density at radius 2 is 1.13 bits per heavy atom. The average Bonchev–Trinajstić information content (AvgIpc) is 2.27. The van der Waals surface area contributed by atoms with E-state index >= 15 is 0 Å². The van der Waals surface area contributed by atoms with E-state index in [1.165, 1.54) is 0 Å². The molecule has 4 nitrogen and oxygen atoms in total. The monoisotopic (exact) mass is 214 g/mol. The van der Waals surface area contributed by atoms with Crippen molar-refractivity contribution in [3.05, 3.63) is 0 Å². The number of aliphatic carboxylic acids is 2. The summed E-state index contributed by atoms with van der Waals surface area (Å²) in [5.41, 5.74) is 0. The first-order valence-corrected chi connectivity index (χ1v) is 5.57. The van der Waals surface area contributed by atoms with E-state index in [9.17, 15) is 9.59 Å². The van der Waals surface area contributed by atoms with Crippen molar-refractivity contribution < 1.29 is 19.8 Å². The summed E-state index contributed by atoms with van der Waals surface area (Å²) in [6.07, 6.45) is 5.17. The largest absolute Gasteiger partial charge is 0.481 e. The molecule has 86 valence electrons. The number of carbonyl (C=O) groups is 2. The van der Waals surface area contributed by atoms with Crippen LogP contribution < -0.4 is 0 Å². The van der Waals surface area contributed by atoms with Crippen molar-refractivity contribution in [3.8, 4) is 0 Å². The van der Waals surface area contributed by atoms with Gasteiger partial charge in [-0.05, 0) is 25.7 Å². The molecule has 2 atom stereocenters. The molecular formula is C11H18O4. The van der Waals surface area contributed by atoms with Gasteiger partial charge in [-0.1, -0.05) is 19.3 Å². The highest BCUT2D eigenvalue weighted by molar-refractivity contribution is 5.71. The maximum absolute atomic E-state index is 10.9. The van der Waals surface area contributed by atoms with Crippen LogP contribution in [0.1, 0.15) is 44.9 Å². The van der Waals surface area contributed by atoms with Crippen LogP contribution in [0.25, 0.3) is 0 Å². The molecule has 0 amide bonds. The van der Waals surface area contributed by atoms with Crippen LogP contribution >= 0.6 is 0 Å². The molecule has 1 aliphatic rings. The Kier molecular flexibility index (Phi) is 4.59. The van der Waals surface area contributed by atoms with E-state index in [1.807, 2.05) is 0 Å². The number of carboxylic acid groups (broad SMARTS) is 2. The second kappa shape index (κ2) is 5.73. The summed E-state index contributed by atoms with van der Waals surface area (Å²) in [5.74, 6) is -2.24. The lowest BCUT2D eigenvalue weighted by molar-refractivity contribution is -0.145. The highest BCUT2D eigenvalue weighted by atomic mass is 16.4. The van der Waals surface area contributed by atoms with Crippen molar-refractivity contribution in [1.29, 1.82) is 0 Å². The Hall–Kier alpha value is -1.06. The van der Waals surface area contributed by atoms with Crippen molar-refractivity contribution in [1.82, 2.24) is 0 Å². The predicted molar refractivity (Wildman–Crippen MR) is 54.6 cm³/mol. The molecule has 1 aliphatic carbocycles. The molecule has 0 bridgehead atoms.